The number of hydrogen-bond donors (Lipinski definition) is 0. The summed E-state index contributed by atoms with van der Waals surface area (Å²) in [5.41, 5.74) is -0.476. The Hall–Kier alpha value is -1.50. The summed E-state index contributed by atoms with van der Waals surface area (Å²) in [6.07, 6.45) is 4.02. The first-order valence-corrected chi connectivity index (χ1v) is 8.11. The van der Waals surface area contributed by atoms with Crippen LogP contribution in [0.25, 0.3) is 0 Å². The van der Waals surface area contributed by atoms with Crippen molar-refractivity contribution < 1.29 is 14.3 Å². The fourth-order valence-corrected chi connectivity index (χ4v) is 2.32. The van der Waals surface area contributed by atoms with E-state index in [2.05, 4.69) is 9.97 Å². The molecule has 1 atom stereocenters. The zero-order valence-electron chi connectivity index (χ0n) is 12.8. The van der Waals surface area contributed by atoms with E-state index < -0.39 is 5.60 Å². The maximum Gasteiger partial charge on any atom is 0.410 e. The fourth-order valence-electron chi connectivity index (χ4n) is 1.98. The van der Waals surface area contributed by atoms with Gasteiger partial charge in [-0.15, -0.1) is 0 Å². The molecule has 0 aromatic carbocycles. The van der Waals surface area contributed by atoms with Gasteiger partial charge in [-0.05, 0) is 27.0 Å². The van der Waals surface area contributed by atoms with E-state index in [0.717, 1.165) is 6.42 Å². The van der Waals surface area contributed by atoms with Gasteiger partial charge >= 0.3 is 6.09 Å². The Balaban J connectivity index is 1.89. The topological polar surface area (TPSA) is 64.5 Å². The zero-order chi connectivity index (χ0) is 15.5. The molecule has 1 amide bonds. The van der Waals surface area contributed by atoms with Crippen molar-refractivity contribution in [2.45, 2.75) is 44.1 Å². The van der Waals surface area contributed by atoms with E-state index in [0.29, 0.717) is 24.1 Å². The molecular weight excluding hydrogens is 290 g/mol. The van der Waals surface area contributed by atoms with Crippen LogP contribution in [0.2, 0.25) is 0 Å². The van der Waals surface area contributed by atoms with Crippen LogP contribution in [0.5, 0.6) is 5.88 Å². The van der Waals surface area contributed by atoms with E-state index in [-0.39, 0.29) is 12.2 Å². The first-order valence-electron chi connectivity index (χ1n) is 6.89. The lowest BCUT2D eigenvalue weighted by Gasteiger charge is -2.24. The average Bonchev–Trinajstić information content (AvgIpc) is 2.85. The SMILES string of the molecule is CSc1nccc(OC2CCN(C(=O)OC(C)(C)C)C2)n1. The molecule has 2 heterocycles. The zero-order valence-corrected chi connectivity index (χ0v) is 13.6. The molecule has 1 aliphatic heterocycles. The number of nitrogens with zero attached hydrogens (tertiary/aromatic N) is 3. The van der Waals surface area contributed by atoms with Gasteiger partial charge in [-0.2, -0.15) is 4.98 Å². The molecule has 0 N–H and O–H groups in total. The average molecular weight is 311 g/mol. The van der Waals surface area contributed by atoms with E-state index in [1.807, 2.05) is 27.0 Å². The smallest absolute Gasteiger partial charge is 0.410 e. The standard InChI is InChI=1S/C14H21N3O3S/c1-14(2,3)20-13(18)17-8-6-10(9-17)19-11-5-7-15-12(16-11)21-4/h5,7,10H,6,8-9H2,1-4H3. The summed E-state index contributed by atoms with van der Waals surface area (Å²) < 4.78 is 11.2. The van der Waals surface area contributed by atoms with Crippen LogP contribution in [-0.4, -0.2) is 52.0 Å². The van der Waals surface area contributed by atoms with Crippen molar-refractivity contribution in [2.24, 2.45) is 0 Å². The molecule has 1 aromatic rings. The highest BCUT2D eigenvalue weighted by molar-refractivity contribution is 7.98. The summed E-state index contributed by atoms with van der Waals surface area (Å²) in [4.78, 5) is 22.0. The second-order valence-electron chi connectivity index (χ2n) is 5.84. The molecule has 0 saturated carbocycles. The normalized spacial score (nSPS) is 18.7. The summed E-state index contributed by atoms with van der Waals surface area (Å²) in [5.74, 6) is 0.547. The maximum absolute atomic E-state index is 12.0. The monoisotopic (exact) mass is 311 g/mol. The lowest BCUT2D eigenvalue weighted by molar-refractivity contribution is 0.0274. The Morgan fingerprint density at radius 3 is 2.90 bits per heavy atom. The maximum atomic E-state index is 12.0. The molecular formula is C14H21N3O3S. The first-order chi connectivity index (χ1) is 9.87. The number of likely N-dealkylation sites (tertiary alicyclic amines) is 1. The van der Waals surface area contributed by atoms with Crippen molar-refractivity contribution in [1.82, 2.24) is 14.9 Å². The molecule has 1 aliphatic rings. The summed E-state index contributed by atoms with van der Waals surface area (Å²) in [5, 5.41) is 0.675. The number of ether oxygens (including phenoxy) is 2. The van der Waals surface area contributed by atoms with Gasteiger partial charge in [-0.1, -0.05) is 11.8 Å². The quantitative estimate of drug-likeness (QED) is 0.631. The summed E-state index contributed by atoms with van der Waals surface area (Å²) in [6.45, 7) is 6.74. The van der Waals surface area contributed by atoms with Gasteiger partial charge in [-0.25, -0.2) is 9.78 Å². The second kappa shape index (κ2) is 6.51. The number of carbonyl (C=O) groups is 1. The molecule has 1 fully saturated rings. The minimum atomic E-state index is -0.476. The molecule has 0 bridgehead atoms. The van der Waals surface area contributed by atoms with E-state index in [1.165, 1.54) is 11.8 Å². The van der Waals surface area contributed by atoms with Gasteiger partial charge in [0.25, 0.3) is 0 Å². The number of amides is 1. The third-order valence-electron chi connectivity index (χ3n) is 2.87. The van der Waals surface area contributed by atoms with E-state index >= 15 is 0 Å². The number of aromatic nitrogens is 2. The third-order valence-corrected chi connectivity index (χ3v) is 3.44. The Morgan fingerprint density at radius 1 is 1.48 bits per heavy atom. The second-order valence-corrected chi connectivity index (χ2v) is 6.61. The minimum Gasteiger partial charge on any atom is -0.472 e. The van der Waals surface area contributed by atoms with Gasteiger partial charge in [0.1, 0.15) is 11.7 Å². The van der Waals surface area contributed by atoms with Crippen LogP contribution >= 0.6 is 11.8 Å². The Morgan fingerprint density at radius 2 is 2.24 bits per heavy atom. The van der Waals surface area contributed by atoms with Crippen molar-refractivity contribution in [2.75, 3.05) is 19.3 Å². The van der Waals surface area contributed by atoms with Gasteiger partial charge in [0.15, 0.2) is 5.16 Å². The third kappa shape index (κ3) is 4.77. The largest absolute Gasteiger partial charge is 0.472 e. The van der Waals surface area contributed by atoms with Gasteiger partial charge in [0.05, 0.1) is 6.54 Å². The van der Waals surface area contributed by atoms with Crippen molar-refractivity contribution in [3.63, 3.8) is 0 Å². The molecule has 1 saturated heterocycles. The minimum absolute atomic E-state index is 0.0536. The van der Waals surface area contributed by atoms with Crippen LogP contribution in [0, 0.1) is 0 Å². The van der Waals surface area contributed by atoms with Crippen molar-refractivity contribution in [3.8, 4) is 5.88 Å². The van der Waals surface area contributed by atoms with Crippen molar-refractivity contribution in [1.29, 1.82) is 0 Å². The summed E-state index contributed by atoms with van der Waals surface area (Å²) >= 11 is 1.47. The molecule has 0 spiro atoms. The highest BCUT2D eigenvalue weighted by atomic mass is 32.2. The number of thioether (sulfide) groups is 1. The Kier molecular flexibility index (Phi) is 4.92. The molecule has 116 valence electrons. The molecule has 6 nitrogen and oxygen atoms in total. The molecule has 21 heavy (non-hydrogen) atoms. The van der Waals surface area contributed by atoms with E-state index in [1.54, 1.807) is 17.2 Å². The molecule has 1 aromatic heterocycles. The van der Waals surface area contributed by atoms with Gasteiger partial charge in [0, 0.05) is 25.2 Å². The van der Waals surface area contributed by atoms with Crippen LogP contribution in [0.4, 0.5) is 4.79 Å². The Labute approximate surface area is 129 Å². The van der Waals surface area contributed by atoms with E-state index in [4.69, 9.17) is 9.47 Å². The van der Waals surface area contributed by atoms with Crippen LogP contribution in [-0.2, 0) is 4.74 Å². The van der Waals surface area contributed by atoms with Crippen LogP contribution in [0.3, 0.4) is 0 Å². The highest BCUT2D eigenvalue weighted by Crippen LogP contribution is 2.20. The molecule has 2 rings (SSSR count). The highest BCUT2D eigenvalue weighted by Gasteiger charge is 2.31. The molecule has 7 heteroatoms. The molecule has 0 aliphatic carbocycles. The van der Waals surface area contributed by atoms with Crippen LogP contribution < -0.4 is 4.74 Å². The van der Waals surface area contributed by atoms with E-state index in [9.17, 15) is 4.79 Å². The predicted molar refractivity (Wildman–Crippen MR) is 80.7 cm³/mol. The van der Waals surface area contributed by atoms with Gasteiger partial charge < -0.3 is 14.4 Å². The number of carbonyl (C=O) groups excluding carboxylic acids is 1. The van der Waals surface area contributed by atoms with Gasteiger partial charge in [-0.3, -0.25) is 0 Å². The van der Waals surface area contributed by atoms with Crippen molar-refractivity contribution >= 4 is 17.9 Å². The Bertz CT molecular complexity index is 504. The van der Waals surface area contributed by atoms with Crippen molar-refractivity contribution in [3.05, 3.63) is 12.3 Å². The summed E-state index contributed by atoms with van der Waals surface area (Å²) in [7, 11) is 0. The van der Waals surface area contributed by atoms with Crippen LogP contribution in [0.15, 0.2) is 17.4 Å². The summed E-state index contributed by atoms with van der Waals surface area (Å²) in [6, 6.07) is 1.73. The van der Waals surface area contributed by atoms with Crippen LogP contribution in [0.1, 0.15) is 27.2 Å². The molecule has 1 unspecified atom stereocenters. The van der Waals surface area contributed by atoms with Gasteiger partial charge in [0.2, 0.25) is 5.88 Å². The lowest BCUT2D eigenvalue weighted by Crippen LogP contribution is -2.36. The fraction of sp³-hybridized carbons (Fsp3) is 0.643. The predicted octanol–water partition coefficient (Wildman–Crippen LogP) is 2.59. The lowest BCUT2D eigenvalue weighted by atomic mass is 10.2. The number of hydrogen-bond acceptors (Lipinski definition) is 6. The number of rotatable bonds is 3. The first kappa shape index (κ1) is 15.9. The molecule has 0 radical (unpaired) electrons.